The lowest BCUT2D eigenvalue weighted by Crippen LogP contribution is -2.17. The molecule has 0 saturated heterocycles. The van der Waals surface area contributed by atoms with Crippen LogP contribution in [0.3, 0.4) is 0 Å². The molecule has 5 nitrogen and oxygen atoms in total. The summed E-state index contributed by atoms with van der Waals surface area (Å²) >= 11 is 1.10. The van der Waals surface area contributed by atoms with E-state index in [0.29, 0.717) is 10.1 Å². The van der Waals surface area contributed by atoms with Crippen LogP contribution in [0.4, 0.5) is 16.0 Å². The van der Waals surface area contributed by atoms with Crippen LogP contribution in [0.2, 0.25) is 0 Å². The van der Waals surface area contributed by atoms with Gasteiger partial charge < -0.3 is 16.8 Å². The number of hydrogen-bond acceptors (Lipinski definition) is 6. The molecular formula is C14H18FN5S. The van der Waals surface area contributed by atoms with Crippen LogP contribution in [0.15, 0.2) is 34.3 Å². The number of rotatable bonds is 5. The molecule has 1 heterocycles. The Kier molecular flexibility index (Phi) is 4.98. The molecule has 5 N–H and O–H groups in total. The predicted molar refractivity (Wildman–Crippen MR) is 83.5 cm³/mol. The van der Waals surface area contributed by atoms with Gasteiger partial charge in [0.05, 0.1) is 4.90 Å². The van der Waals surface area contributed by atoms with Crippen molar-refractivity contribution >= 4 is 23.4 Å². The number of hydrogen-bond donors (Lipinski definition) is 3. The number of nitrogens with two attached hydrogens (primary N) is 2. The normalized spacial score (nSPS) is 12.3. The van der Waals surface area contributed by atoms with Gasteiger partial charge in [-0.1, -0.05) is 13.0 Å². The van der Waals surface area contributed by atoms with E-state index in [1.54, 1.807) is 6.07 Å². The molecule has 1 aromatic carbocycles. The van der Waals surface area contributed by atoms with Gasteiger partial charge >= 0.3 is 0 Å². The van der Waals surface area contributed by atoms with Crippen molar-refractivity contribution in [1.82, 2.24) is 15.3 Å². The van der Waals surface area contributed by atoms with E-state index in [4.69, 9.17) is 11.5 Å². The topological polar surface area (TPSA) is 89.8 Å². The van der Waals surface area contributed by atoms with Crippen LogP contribution in [0.1, 0.15) is 25.5 Å². The molecule has 0 fully saturated rings. The summed E-state index contributed by atoms with van der Waals surface area (Å²) in [5.74, 6) is 0.220. The summed E-state index contributed by atoms with van der Waals surface area (Å²) in [7, 11) is 0. The van der Waals surface area contributed by atoms with Crippen molar-refractivity contribution in [3.8, 4) is 0 Å². The van der Waals surface area contributed by atoms with E-state index in [1.165, 1.54) is 12.1 Å². The second-order valence-corrected chi connectivity index (χ2v) is 5.58. The third-order valence-corrected chi connectivity index (χ3v) is 3.83. The molecular weight excluding hydrogens is 289 g/mol. The molecule has 0 aliphatic heterocycles. The predicted octanol–water partition coefficient (Wildman–Crippen LogP) is 2.60. The zero-order valence-corrected chi connectivity index (χ0v) is 12.7. The van der Waals surface area contributed by atoms with Gasteiger partial charge in [0.25, 0.3) is 0 Å². The largest absolute Gasteiger partial charge is 0.383 e. The van der Waals surface area contributed by atoms with Crippen LogP contribution in [0.25, 0.3) is 0 Å². The number of nitrogen functional groups attached to an aromatic ring is 2. The van der Waals surface area contributed by atoms with Gasteiger partial charge in [-0.05, 0) is 42.9 Å². The van der Waals surface area contributed by atoms with E-state index in [-0.39, 0.29) is 23.5 Å². The third kappa shape index (κ3) is 4.05. The van der Waals surface area contributed by atoms with Crippen LogP contribution >= 0.6 is 11.8 Å². The number of aromatic nitrogens is 2. The fourth-order valence-electron chi connectivity index (χ4n) is 1.90. The summed E-state index contributed by atoms with van der Waals surface area (Å²) < 4.78 is 14.2. The maximum absolute atomic E-state index is 14.2. The van der Waals surface area contributed by atoms with Crippen molar-refractivity contribution in [1.29, 1.82) is 0 Å². The maximum Gasteiger partial charge on any atom is 0.196 e. The zero-order chi connectivity index (χ0) is 15.4. The van der Waals surface area contributed by atoms with E-state index in [1.807, 2.05) is 19.9 Å². The lowest BCUT2D eigenvalue weighted by molar-refractivity contribution is 0.572. The highest BCUT2D eigenvalue weighted by molar-refractivity contribution is 7.99. The Labute approximate surface area is 127 Å². The number of nitrogens with one attached hydrogen (secondary N) is 1. The molecule has 0 aliphatic carbocycles. The van der Waals surface area contributed by atoms with Crippen LogP contribution in [0.5, 0.6) is 0 Å². The molecule has 0 saturated carbocycles. The van der Waals surface area contributed by atoms with Gasteiger partial charge in [-0.15, -0.1) is 0 Å². The fraction of sp³-hybridized carbons (Fsp3) is 0.286. The highest BCUT2D eigenvalue weighted by atomic mass is 32.2. The summed E-state index contributed by atoms with van der Waals surface area (Å²) in [5.41, 5.74) is 12.1. The summed E-state index contributed by atoms with van der Waals surface area (Å²) in [6, 6.07) is 6.68. The van der Waals surface area contributed by atoms with Crippen LogP contribution in [-0.4, -0.2) is 16.5 Å². The fourth-order valence-corrected chi connectivity index (χ4v) is 2.69. The van der Waals surface area contributed by atoms with E-state index < -0.39 is 0 Å². The first-order valence-electron chi connectivity index (χ1n) is 6.60. The Hall–Kier alpha value is -1.86. The zero-order valence-electron chi connectivity index (χ0n) is 11.9. The summed E-state index contributed by atoms with van der Waals surface area (Å²) in [4.78, 5) is 8.49. The van der Waals surface area contributed by atoms with Crippen molar-refractivity contribution in [3.05, 3.63) is 35.6 Å². The second kappa shape index (κ2) is 6.73. The molecule has 0 aliphatic rings. The van der Waals surface area contributed by atoms with Crippen molar-refractivity contribution in [3.63, 3.8) is 0 Å². The Balaban J connectivity index is 2.21. The number of anilines is 2. The van der Waals surface area contributed by atoms with Gasteiger partial charge in [-0.3, -0.25) is 0 Å². The first-order valence-corrected chi connectivity index (χ1v) is 7.42. The molecule has 2 aromatic rings. The molecule has 7 heteroatoms. The third-order valence-electron chi connectivity index (χ3n) is 2.91. The van der Waals surface area contributed by atoms with Crippen LogP contribution < -0.4 is 16.8 Å². The first kappa shape index (κ1) is 15.5. The SMILES string of the molecule is CCNC(C)c1ccc(Sc2nc(N)cc(N)n2)c(F)c1. The van der Waals surface area contributed by atoms with E-state index >= 15 is 0 Å². The van der Waals surface area contributed by atoms with Gasteiger partial charge in [0.2, 0.25) is 0 Å². The Morgan fingerprint density at radius 3 is 2.48 bits per heavy atom. The molecule has 0 radical (unpaired) electrons. The minimum Gasteiger partial charge on any atom is -0.383 e. The van der Waals surface area contributed by atoms with Crippen molar-refractivity contribution in [2.45, 2.75) is 29.9 Å². The maximum atomic E-state index is 14.2. The average Bonchev–Trinajstić information content (AvgIpc) is 2.40. The quantitative estimate of drug-likeness (QED) is 0.736. The summed E-state index contributed by atoms with van der Waals surface area (Å²) in [6.45, 7) is 4.83. The highest BCUT2D eigenvalue weighted by Crippen LogP contribution is 2.29. The minimum absolute atomic E-state index is 0.0998. The van der Waals surface area contributed by atoms with Gasteiger partial charge in [0, 0.05) is 12.1 Å². The summed E-state index contributed by atoms with van der Waals surface area (Å²) in [5, 5.41) is 3.57. The van der Waals surface area contributed by atoms with Crippen molar-refractivity contribution in [2.75, 3.05) is 18.0 Å². The average molecular weight is 307 g/mol. The number of benzene rings is 1. The molecule has 2 rings (SSSR count). The smallest absolute Gasteiger partial charge is 0.196 e. The summed E-state index contributed by atoms with van der Waals surface area (Å²) in [6.07, 6.45) is 0. The first-order chi connectivity index (χ1) is 9.99. The number of halogens is 1. The van der Waals surface area contributed by atoms with Gasteiger partial charge in [0.1, 0.15) is 17.5 Å². The Morgan fingerprint density at radius 2 is 1.90 bits per heavy atom. The van der Waals surface area contributed by atoms with Crippen molar-refractivity contribution < 1.29 is 4.39 Å². The molecule has 0 amide bonds. The molecule has 0 bridgehead atoms. The van der Waals surface area contributed by atoms with Gasteiger partial charge in [-0.25, -0.2) is 14.4 Å². The molecule has 21 heavy (non-hydrogen) atoms. The Morgan fingerprint density at radius 1 is 1.24 bits per heavy atom. The molecule has 112 valence electrons. The number of nitrogens with zero attached hydrogens (tertiary/aromatic N) is 2. The molecule has 0 spiro atoms. The second-order valence-electron chi connectivity index (χ2n) is 4.57. The van der Waals surface area contributed by atoms with Crippen LogP contribution in [0, 0.1) is 5.82 Å². The molecule has 1 unspecified atom stereocenters. The van der Waals surface area contributed by atoms with Gasteiger partial charge in [0.15, 0.2) is 5.16 Å². The van der Waals surface area contributed by atoms with E-state index in [2.05, 4.69) is 15.3 Å². The highest BCUT2D eigenvalue weighted by Gasteiger charge is 2.11. The van der Waals surface area contributed by atoms with Crippen molar-refractivity contribution in [2.24, 2.45) is 0 Å². The van der Waals surface area contributed by atoms with E-state index in [0.717, 1.165) is 23.9 Å². The standard InChI is InChI=1S/C14H18FN5S/c1-3-18-8(2)9-4-5-11(10(15)6-9)21-14-19-12(16)7-13(17)20-14/h4-8,18H,3H2,1-2H3,(H4,16,17,19,20). The van der Waals surface area contributed by atoms with Gasteiger partial charge in [-0.2, -0.15) is 0 Å². The Bertz CT molecular complexity index is 615. The molecule has 1 atom stereocenters. The lowest BCUT2D eigenvalue weighted by Gasteiger charge is -2.13. The monoisotopic (exact) mass is 307 g/mol. The van der Waals surface area contributed by atoms with Crippen LogP contribution in [-0.2, 0) is 0 Å². The minimum atomic E-state index is -0.313. The molecule has 1 aromatic heterocycles. The lowest BCUT2D eigenvalue weighted by atomic mass is 10.1. The van der Waals surface area contributed by atoms with E-state index in [9.17, 15) is 4.39 Å².